The molecule has 0 saturated heterocycles. The van der Waals surface area contributed by atoms with Gasteiger partial charge in [-0.2, -0.15) is 11.8 Å². The van der Waals surface area contributed by atoms with Crippen molar-refractivity contribution in [1.29, 1.82) is 0 Å². The molecule has 0 rings (SSSR count). The van der Waals surface area contributed by atoms with Crippen molar-refractivity contribution in [3.63, 3.8) is 0 Å². The average molecular weight is 218 g/mol. The highest BCUT2D eigenvalue weighted by Gasteiger charge is 2.08. The minimum atomic E-state index is 0.635. The van der Waals surface area contributed by atoms with Gasteiger partial charge in [0.1, 0.15) is 0 Å². The summed E-state index contributed by atoms with van der Waals surface area (Å²) in [4.78, 5) is 2.42. The molecule has 2 unspecified atom stereocenters. The van der Waals surface area contributed by atoms with Crippen molar-refractivity contribution in [2.24, 2.45) is 0 Å². The molecule has 2 atom stereocenters. The van der Waals surface area contributed by atoms with Gasteiger partial charge in [0.2, 0.25) is 0 Å². The van der Waals surface area contributed by atoms with Crippen LogP contribution in [-0.2, 0) is 0 Å². The van der Waals surface area contributed by atoms with Crippen molar-refractivity contribution in [3.05, 3.63) is 0 Å². The fourth-order valence-electron chi connectivity index (χ4n) is 1.13. The zero-order valence-electron chi connectivity index (χ0n) is 10.3. The second-order valence-corrected chi connectivity index (χ2v) is 5.03. The Balaban J connectivity index is 3.55. The van der Waals surface area contributed by atoms with Gasteiger partial charge in [-0.25, -0.2) is 0 Å². The molecule has 0 aliphatic carbocycles. The molecule has 14 heavy (non-hydrogen) atoms. The molecule has 0 heterocycles. The van der Waals surface area contributed by atoms with E-state index in [9.17, 15) is 0 Å². The first-order valence-electron chi connectivity index (χ1n) is 5.54. The standard InChI is InChI=1S/C11H26N2S/c1-6-10(2)12-9-11(3)13(4)7-8-14-5/h10-12H,6-9H2,1-5H3. The smallest absolute Gasteiger partial charge is 0.0189 e. The molecule has 0 fully saturated rings. The van der Waals surface area contributed by atoms with Gasteiger partial charge in [-0.15, -0.1) is 0 Å². The molecule has 0 aromatic heterocycles. The van der Waals surface area contributed by atoms with Gasteiger partial charge < -0.3 is 10.2 Å². The Morgan fingerprint density at radius 2 is 2.00 bits per heavy atom. The maximum Gasteiger partial charge on any atom is 0.0189 e. The summed E-state index contributed by atoms with van der Waals surface area (Å²) in [6.45, 7) is 9.04. The van der Waals surface area contributed by atoms with Crippen molar-refractivity contribution >= 4 is 11.8 Å². The van der Waals surface area contributed by atoms with E-state index in [1.807, 2.05) is 11.8 Å². The third-order valence-corrected chi connectivity index (χ3v) is 3.37. The SMILES string of the molecule is CCC(C)NCC(C)N(C)CCSC. The molecule has 0 bridgehead atoms. The van der Waals surface area contributed by atoms with E-state index in [-0.39, 0.29) is 0 Å². The number of hydrogen-bond acceptors (Lipinski definition) is 3. The van der Waals surface area contributed by atoms with Crippen LogP contribution in [0.5, 0.6) is 0 Å². The number of likely N-dealkylation sites (N-methyl/N-ethyl adjacent to an activating group) is 1. The summed E-state index contributed by atoms with van der Waals surface area (Å²) >= 11 is 1.91. The molecule has 2 nitrogen and oxygen atoms in total. The molecule has 3 heteroatoms. The van der Waals surface area contributed by atoms with Crippen LogP contribution in [0.4, 0.5) is 0 Å². The van der Waals surface area contributed by atoms with Crippen molar-refractivity contribution in [2.75, 3.05) is 32.1 Å². The highest BCUT2D eigenvalue weighted by Crippen LogP contribution is 1.99. The van der Waals surface area contributed by atoms with E-state index in [0.29, 0.717) is 12.1 Å². The zero-order valence-corrected chi connectivity index (χ0v) is 11.2. The molecule has 0 saturated carbocycles. The molecule has 0 aliphatic rings. The van der Waals surface area contributed by atoms with Gasteiger partial charge in [0.05, 0.1) is 0 Å². The average Bonchev–Trinajstić information content (AvgIpc) is 2.21. The summed E-state index contributed by atoms with van der Waals surface area (Å²) < 4.78 is 0. The monoisotopic (exact) mass is 218 g/mol. The Labute approximate surface area is 93.8 Å². The maximum atomic E-state index is 3.54. The van der Waals surface area contributed by atoms with Crippen LogP contribution < -0.4 is 5.32 Å². The first-order valence-corrected chi connectivity index (χ1v) is 6.93. The molecule has 86 valence electrons. The third-order valence-electron chi connectivity index (χ3n) is 2.77. The summed E-state index contributed by atoms with van der Waals surface area (Å²) in [6, 6.07) is 1.28. The van der Waals surface area contributed by atoms with E-state index < -0.39 is 0 Å². The summed E-state index contributed by atoms with van der Waals surface area (Å²) in [5.41, 5.74) is 0. The lowest BCUT2D eigenvalue weighted by Gasteiger charge is -2.26. The largest absolute Gasteiger partial charge is 0.313 e. The molecular formula is C11H26N2S. The predicted molar refractivity (Wildman–Crippen MR) is 68.2 cm³/mol. The molecule has 0 radical (unpaired) electrons. The molecule has 0 amide bonds. The lowest BCUT2D eigenvalue weighted by molar-refractivity contribution is 0.259. The Morgan fingerprint density at radius 3 is 2.50 bits per heavy atom. The predicted octanol–water partition coefficient (Wildman–Crippen LogP) is 2.06. The first-order chi connectivity index (χ1) is 6.61. The van der Waals surface area contributed by atoms with Gasteiger partial charge in [-0.05, 0) is 33.6 Å². The molecule has 0 aromatic carbocycles. The highest BCUT2D eigenvalue weighted by molar-refractivity contribution is 7.98. The normalized spacial score (nSPS) is 15.9. The van der Waals surface area contributed by atoms with E-state index in [2.05, 4.69) is 44.3 Å². The summed E-state index contributed by atoms with van der Waals surface area (Å²) in [6.07, 6.45) is 3.37. The topological polar surface area (TPSA) is 15.3 Å². The van der Waals surface area contributed by atoms with Crippen LogP contribution in [0.15, 0.2) is 0 Å². The van der Waals surface area contributed by atoms with Crippen molar-refractivity contribution in [1.82, 2.24) is 10.2 Å². The lowest BCUT2D eigenvalue weighted by Crippen LogP contribution is -2.41. The quantitative estimate of drug-likeness (QED) is 0.671. The second-order valence-electron chi connectivity index (χ2n) is 4.04. The maximum absolute atomic E-state index is 3.54. The Morgan fingerprint density at radius 1 is 1.36 bits per heavy atom. The van der Waals surface area contributed by atoms with Crippen LogP contribution in [0.3, 0.4) is 0 Å². The molecule has 1 N–H and O–H groups in total. The van der Waals surface area contributed by atoms with E-state index in [1.165, 1.54) is 18.7 Å². The van der Waals surface area contributed by atoms with Gasteiger partial charge in [-0.3, -0.25) is 0 Å². The summed E-state index contributed by atoms with van der Waals surface area (Å²) in [5.74, 6) is 1.23. The van der Waals surface area contributed by atoms with Gasteiger partial charge in [0, 0.05) is 30.9 Å². The molecular weight excluding hydrogens is 192 g/mol. The number of hydrogen-bond donors (Lipinski definition) is 1. The lowest BCUT2D eigenvalue weighted by atomic mass is 10.2. The van der Waals surface area contributed by atoms with E-state index in [0.717, 1.165) is 6.54 Å². The van der Waals surface area contributed by atoms with Crippen molar-refractivity contribution in [3.8, 4) is 0 Å². The van der Waals surface area contributed by atoms with Crippen molar-refractivity contribution in [2.45, 2.75) is 39.3 Å². The van der Waals surface area contributed by atoms with E-state index >= 15 is 0 Å². The third kappa shape index (κ3) is 6.68. The Bertz CT molecular complexity index is 130. The van der Waals surface area contributed by atoms with Crippen LogP contribution >= 0.6 is 11.8 Å². The van der Waals surface area contributed by atoms with Gasteiger partial charge in [0.15, 0.2) is 0 Å². The van der Waals surface area contributed by atoms with Gasteiger partial charge in [-0.1, -0.05) is 6.92 Å². The highest BCUT2D eigenvalue weighted by atomic mass is 32.2. The summed E-state index contributed by atoms with van der Waals surface area (Å²) in [5, 5.41) is 3.54. The van der Waals surface area contributed by atoms with Crippen LogP contribution in [0.1, 0.15) is 27.2 Å². The molecule has 0 aliphatic heterocycles. The van der Waals surface area contributed by atoms with Gasteiger partial charge >= 0.3 is 0 Å². The fraction of sp³-hybridized carbons (Fsp3) is 1.00. The molecule has 0 spiro atoms. The fourth-order valence-corrected chi connectivity index (χ4v) is 1.60. The molecule has 0 aromatic rings. The summed E-state index contributed by atoms with van der Waals surface area (Å²) in [7, 11) is 2.21. The Kier molecular flexibility index (Phi) is 8.73. The number of thioether (sulfide) groups is 1. The van der Waals surface area contributed by atoms with Crippen molar-refractivity contribution < 1.29 is 0 Å². The van der Waals surface area contributed by atoms with Crippen LogP contribution in [0.25, 0.3) is 0 Å². The van der Waals surface area contributed by atoms with E-state index in [1.54, 1.807) is 0 Å². The van der Waals surface area contributed by atoms with E-state index in [4.69, 9.17) is 0 Å². The number of nitrogens with one attached hydrogen (secondary N) is 1. The van der Waals surface area contributed by atoms with Gasteiger partial charge in [0.25, 0.3) is 0 Å². The zero-order chi connectivity index (χ0) is 11.0. The Hall–Kier alpha value is 0.270. The minimum Gasteiger partial charge on any atom is -0.313 e. The minimum absolute atomic E-state index is 0.635. The van der Waals surface area contributed by atoms with Crippen LogP contribution in [0.2, 0.25) is 0 Å². The van der Waals surface area contributed by atoms with Crippen LogP contribution in [-0.4, -0.2) is 49.1 Å². The number of rotatable bonds is 8. The first kappa shape index (κ1) is 14.3. The van der Waals surface area contributed by atoms with Crippen LogP contribution in [0, 0.1) is 0 Å². The second kappa shape index (κ2) is 8.57. The number of nitrogens with zero attached hydrogens (tertiary/aromatic N) is 1.